The van der Waals surface area contributed by atoms with Crippen LogP contribution in [0.25, 0.3) is 10.9 Å². The lowest BCUT2D eigenvalue weighted by Gasteiger charge is -2.17. The third kappa shape index (κ3) is 3.56. The molecule has 0 saturated carbocycles. The first-order valence-corrected chi connectivity index (χ1v) is 6.79. The Kier molecular flexibility index (Phi) is 4.87. The van der Waals surface area contributed by atoms with Crippen LogP contribution in [0, 0.1) is 0 Å². The molecule has 0 atom stereocenters. The van der Waals surface area contributed by atoms with Crippen molar-refractivity contribution in [2.75, 3.05) is 20.7 Å². The highest BCUT2D eigenvalue weighted by Gasteiger charge is 2.15. The minimum absolute atomic E-state index is 0.0709. The van der Waals surface area contributed by atoms with Crippen molar-refractivity contribution in [1.29, 1.82) is 0 Å². The highest BCUT2D eigenvalue weighted by atomic mass is 16.5. The first-order chi connectivity index (χ1) is 10.1. The van der Waals surface area contributed by atoms with E-state index in [4.69, 9.17) is 0 Å². The van der Waals surface area contributed by atoms with Crippen LogP contribution in [0.5, 0.6) is 0 Å². The van der Waals surface area contributed by atoms with E-state index in [0.717, 1.165) is 10.9 Å². The van der Waals surface area contributed by atoms with Gasteiger partial charge in [-0.1, -0.05) is 12.1 Å². The highest BCUT2D eigenvalue weighted by Crippen LogP contribution is 2.18. The van der Waals surface area contributed by atoms with Crippen molar-refractivity contribution >= 4 is 22.8 Å². The van der Waals surface area contributed by atoms with Crippen LogP contribution in [-0.4, -0.2) is 42.5 Å². The van der Waals surface area contributed by atoms with Gasteiger partial charge in [0.2, 0.25) is 0 Å². The van der Waals surface area contributed by atoms with Gasteiger partial charge in [0.15, 0.2) is 0 Å². The standard InChI is InChI=1S/C16H18N2O3/c1-18(11-5-9-15(19)21-2)16(20)13-6-3-8-14-12(13)7-4-10-17-14/h3-4,6-8,10H,5,9,11H2,1-2H3. The molecule has 0 N–H and O–H groups in total. The summed E-state index contributed by atoms with van der Waals surface area (Å²) in [5.74, 6) is -0.330. The molecule has 21 heavy (non-hydrogen) atoms. The summed E-state index contributed by atoms with van der Waals surface area (Å²) in [5, 5.41) is 0.838. The third-order valence-corrected chi connectivity index (χ3v) is 3.32. The van der Waals surface area contributed by atoms with Crippen LogP contribution >= 0.6 is 0 Å². The fourth-order valence-corrected chi connectivity index (χ4v) is 2.16. The van der Waals surface area contributed by atoms with Gasteiger partial charge in [-0.2, -0.15) is 0 Å². The molecule has 2 aromatic rings. The number of ether oxygens (including phenoxy) is 1. The summed E-state index contributed by atoms with van der Waals surface area (Å²) >= 11 is 0. The lowest BCUT2D eigenvalue weighted by molar-refractivity contribution is -0.140. The van der Waals surface area contributed by atoms with E-state index in [1.165, 1.54) is 7.11 Å². The lowest BCUT2D eigenvalue weighted by Crippen LogP contribution is -2.28. The quantitative estimate of drug-likeness (QED) is 0.791. The van der Waals surface area contributed by atoms with Crippen molar-refractivity contribution in [2.45, 2.75) is 12.8 Å². The molecule has 0 radical (unpaired) electrons. The smallest absolute Gasteiger partial charge is 0.305 e. The summed E-state index contributed by atoms with van der Waals surface area (Å²) in [4.78, 5) is 29.4. The molecule has 2 rings (SSSR count). The molecule has 1 heterocycles. The molecule has 0 spiro atoms. The van der Waals surface area contributed by atoms with Gasteiger partial charge < -0.3 is 9.64 Å². The molecule has 0 bridgehead atoms. The van der Waals surface area contributed by atoms with Crippen LogP contribution in [0.2, 0.25) is 0 Å². The van der Waals surface area contributed by atoms with Crippen molar-refractivity contribution in [1.82, 2.24) is 9.88 Å². The molecule has 110 valence electrons. The molecule has 1 aromatic carbocycles. The van der Waals surface area contributed by atoms with Gasteiger partial charge in [-0.3, -0.25) is 14.6 Å². The van der Waals surface area contributed by atoms with Crippen LogP contribution in [0.15, 0.2) is 36.5 Å². The molecule has 5 nitrogen and oxygen atoms in total. The molecule has 1 amide bonds. The van der Waals surface area contributed by atoms with Gasteiger partial charge >= 0.3 is 5.97 Å². The van der Waals surface area contributed by atoms with Crippen molar-refractivity contribution in [2.24, 2.45) is 0 Å². The molecule has 0 saturated heterocycles. The Morgan fingerprint density at radius 1 is 1.24 bits per heavy atom. The predicted octanol–water partition coefficient (Wildman–Crippen LogP) is 2.26. The number of pyridine rings is 1. The first-order valence-electron chi connectivity index (χ1n) is 6.79. The lowest BCUT2D eigenvalue weighted by atomic mass is 10.1. The van der Waals surface area contributed by atoms with E-state index >= 15 is 0 Å². The summed E-state index contributed by atoms with van der Waals surface area (Å²) < 4.78 is 4.58. The van der Waals surface area contributed by atoms with E-state index in [2.05, 4.69) is 9.72 Å². The summed E-state index contributed by atoms with van der Waals surface area (Å²) in [7, 11) is 3.09. The van der Waals surface area contributed by atoms with E-state index in [9.17, 15) is 9.59 Å². The Morgan fingerprint density at radius 3 is 2.81 bits per heavy atom. The number of rotatable bonds is 5. The second-order valence-corrected chi connectivity index (χ2v) is 4.78. The number of carbonyl (C=O) groups excluding carboxylic acids is 2. The summed E-state index contributed by atoms with van der Waals surface area (Å²) in [6.45, 7) is 0.505. The van der Waals surface area contributed by atoms with Crippen LogP contribution in [0.1, 0.15) is 23.2 Å². The Balaban J connectivity index is 2.09. The second-order valence-electron chi connectivity index (χ2n) is 4.78. The number of amides is 1. The fourth-order valence-electron chi connectivity index (χ4n) is 2.16. The molecule has 0 unspecified atom stereocenters. The normalized spacial score (nSPS) is 10.4. The topological polar surface area (TPSA) is 59.5 Å². The Labute approximate surface area is 123 Å². The SMILES string of the molecule is COC(=O)CCCN(C)C(=O)c1cccc2ncccc12. The van der Waals surface area contributed by atoms with Crippen LogP contribution in [0.3, 0.4) is 0 Å². The van der Waals surface area contributed by atoms with Gasteiger partial charge in [-0.05, 0) is 24.6 Å². The molecule has 5 heteroatoms. The number of aromatic nitrogens is 1. The Bertz CT molecular complexity index is 650. The maximum atomic E-state index is 12.5. The number of benzene rings is 1. The maximum absolute atomic E-state index is 12.5. The Morgan fingerprint density at radius 2 is 2.05 bits per heavy atom. The average Bonchev–Trinajstić information content (AvgIpc) is 2.53. The Hall–Kier alpha value is -2.43. The number of nitrogens with zero attached hydrogens (tertiary/aromatic N) is 2. The second kappa shape index (κ2) is 6.83. The van der Waals surface area contributed by atoms with Crippen molar-refractivity contribution < 1.29 is 14.3 Å². The molecular formula is C16H18N2O3. The summed E-state index contributed by atoms with van der Waals surface area (Å²) in [5.41, 5.74) is 1.42. The molecule has 0 aliphatic heterocycles. The zero-order valence-electron chi connectivity index (χ0n) is 12.2. The maximum Gasteiger partial charge on any atom is 0.305 e. The largest absolute Gasteiger partial charge is 0.469 e. The van der Waals surface area contributed by atoms with Gasteiger partial charge in [0.05, 0.1) is 12.6 Å². The molecule has 0 aliphatic carbocycles. The van der Waals surface area contributed by atoms with E-state index in [1.807, 2.05) is 24.3 Å². The monoisotopic (exact) mass is 286 g/mol. The van der Waals surface area contributed by atoms with Crippen molar-refractivity contribution in [3.05, 3.63) is 42.1 Å². The van der Waals surface area contributed by atoms with Gasteiger partial charge in [0.25, 0.3) is 5.91 Å². The zero-order chi connectivity index (χ0) is 15.2. The number of carbonyl (C=O) groups is 2. The molecule has 1 aromatic heterocycles. The zero-order valence-corrected chi connectivity index (χ0v) is 12.2. The van der Waals surface area contributed by atoms with Crippen LogP contribution < -0.4 is 0 Å². The van der Waals surface area contributed by atoms with Gasteiger partial charge in [0, 0.05) is 37.2 Å². The number of esters is 1. The van der Waals surface area contributed by atoms with Crippen molar-refractivity contribution in [3.8, 4) is 0 Å². The minimum atomic E-state index is -0.259. The van der Waals surface area contributed by atoms with Gasteiger partial charge in [0.1, 0.15) is 0 Å². The average molecular weight is 286 g/mol. The van der Waals surface area contributed by atoms with Crippen LogP contribution in [0.4, 0.5) is 0 Å². The van der Waals surface area contributed by atoms with Gasteiger partial charge in [-0.25, -0.2) is 0 Å². The number of methoxy groups -OCH3 is 1. The first kappa shape index (κ1) is 15.0. The van der Waals surface area contributed by atoms with E-state index in [1.54, 1.807) is 24.2 Å². The third-order valence-electron chi connectivity index (χ3n) is 3.32. The molecule has 0 fully saturated rings. The predicted molar refractivity (Wildman–Crippen MR) is 80.0 cm³/mol. The number of hydrogen-bond acceptors (Lipinski definition) is 4. The van der Waals surface area contributed by atoms with Crippen LogP contribution in [-0.2, 0) is 9.53 Å². The van der Waals surface area contributed by atoms with E-state index < -0.39 is 0 Å². The summed E-state index contributed by atoms with van der Waals surface area (Å²) in [6, 6.07) is 9.20. The van der Waals surface area contributed by atoms with E-state index in [0.29, 0.717) is 24.9 Å². The summed E-state index contributed by atoms with van der Waals surface area (Å²) in [6.07, 6.45) is 2.60. The molecule has 0 aliphatic rings. The minimum Gasteiger partial charge on any atom is -0.469 e. The van der Waals surface area contributed by atoms with Gasteiger partial charge in [-0.15, -0.1) is 0 Å². The van der Waals surface area contributed by atoms with Crippen molar-refractivity contribution in [3.63, 3.8) is 0 Å². The molecular weight excluding hydrogens is 268 g/mol. The van der Waals surface area contributed by atoms with E-state index in [-0.39, 0.29) is 11.9 Å². The number of hydrogen-bond donors (Lipinski definition) is 0. The number of fused-ring (bicyclic) bond motifs is 1. The fraction of sp³-hybridized carbons (Fsp3) is 0.312. The highest BCUT2D eigenvalue weighted by molar-refractivity contribution is 6.06.